The van der Waals surface area contributed by atoms with Crippen LogP contribution < -0.4 is 11.1 Å². The van der Waals surface area contributed by atoms with Gasteiger partial charge in [-0.3, -0.25) is 4.90 Å². The highest BCUT2D eigenvalue weighted by atomic mass is 16.6. The predicted molar refractivity (Wildman–Crippen MR) is 87.0 cm³/mol. The minimum Gasteiger partial charge on any atom is -0.444 e. The van der Waals surface area contributed by atoms with Gasteiger partial charge in [-0.05, 0) is 27.2 Å². The van der Waals surface area contributed by atoms with Gasteiger partial charge in [-0.2, -0.15) is 0 Å². The molecule has 0 rings (SSSR count). The van der Waals surface area contributed by atoms with Crippen LogP contribution in [-0.4, -0.2) is 76.2 Å². The van der Waals surface area contributed by atoms with Crippen LogP contribution in [0.2, 0.25) is 0 Å². The summed E-state index contributed by atoms with van der Waals surface area (Å²) in [6, 6.07) is 0.167. The quantitative estimate of drug-likeness (QED) is 0.586. The van der Waals surface area contributed by atoms with Crippen molar-refractivity contribution in [3.8, 4) is 0 Å². The fourth-order valence-electron chi connectivity index (χ4n) is 2.00. The molecule has 3 N–H and O–H groups in total. The van der Waals surface area contributed by atoms with E-state index in [-0.39, 0.29) is 6.04 Å². The van der Waals surface area contributed by atoms with Gasteiger partial charge in [0.05, 0.1) is 13.2 Å². The average Bonchev–Trinajstić information content (AvgIpc) is 2.42. The number of nitrogens with one attached hydrogen (secondary N) is 1. The second-order valence-electron chi connectivity index (χ2n) is 6.13. The SMILES string of the molecule is COCCN(CCOC)C(CN)CCNC(=O)OC(C)(C)C. The van der Waals surface area contributed by atoms with Gasteiger partial charge in [0, 0.05) is 46.4 Å². The summed E-state index contributed by atoms with van der Waals surface area (Å²) in [5.74, 6) is 0. The van der Waals surface area contributed by atoms with Gasteiger partial charge >= 0.3 is 6.09 Å². The van der Waals surface area contributed by atoms with Gasteiger partial charge < -0.3 is 25.3 Å². The third kappa shape index (κ3) is 10.8. The maximum Gasteiger partial charge on any atom is 0.407 e. The van der Waals surface area contributed by atoms with E-state index < -0.39 is 11.7 Å². The zero-order valence-corrected chi connectivity index (χ0v) is 14.7. The van der Waals surface area contributed by atoms with Crippen molar-refractivity contribution in [2.75, 3.05) is 53.6 Å². The van der Waals surface area contributed by atoms with Crippen LogP contribution in [0.5, 0.6) is 0 Å². The molecule has 0 aromatic carbocycles. The second-order valence-corrected chi connectivity index (χ2v) is 6.13. The molecule has 1 atom stereocenters. The van der Waals surface area contributed by atoms with Crippen LogP contribution in [0.25, 0.3) is 0 Å². The van der Waals surface area contributed by atoms with Crippen molar-refractivity contribution in [2.24, 2.45) is 5.73 Å². The largest absolute Gasteiger partial charge is 0.444 e. The van der Waals surface area contributed by atoms with Crippen molar-refractivity contribution in [1.29, 1.82) is 0 Å². The van der Waals surface area contributed by atoms with Crippen molar-refractivity contribution >= 4 is 6.09 Å². The molecule has 0 aromatic heterocycles. The number of nitrogens with zero attached hydrogens (tertiary/aromatic N) is 1. The zero-order chi connectivity index (χ0) is 17.0. The van der Waals surface area contributed by atoms with Crippen LogP contribution in [0.3, 0.4) is 0 Å². The highest BCUT2D eigenvalue weighted by Crippen LogP contribution is 2.07. The highest BCUT2D eigenvalue weighted by Gasteiger charge is 2.19. The van der Waals surface area contributed by atoms with Gasteiger partial charge in [-0.1, -0.05) is 0 Å². The minimum absolute atomic E-state index is 0.167. The number of amides is 1. The molecule has 0 fully saturated rings. The summed E-state index contributed by atoms with van der Waals surface area (Å²) >= 11 is 0. The van der Waals surface area contributed by atoms with Gasteiger partial charge in [-0.15, -0.1) is 0 Å². The molecule has 132 valence electrons. The Balaban J connectivity index is 4.25. The lowest BCUT2D eigenvalue weighted by Gasteiger charge is -2.30. The van der Waals surface area contributed by atoms with Gasteiger partial charge in [0.1, 0.15) is 5.60 Å². The third-order valence-electron chi connectivity index (χ3n) is 3.10. The van der Waals surface area contributed by atoms with Gasteiger partial charge in [0.2, 0.25) is 0 Å². The van der Waals surface area contributed by atoms with E-state index in [4.69, 9.17) is 19.9 Å². The summed E-state index contributed by atoms with van der Waals surface area (Å²) in [4.78, 5) is 13.9. The van der Waals surface area contributed by atoms with Gasteiger partial charge in [0.15, 0.2) is 0 Å². The average molecular weight is 319 g/mol. The van der Waals surface area contributed by atoms with E-state index in [0.717, 1.165) is 19.5 Å². The van der Waals surface area contributed by atoms with Crippen molar-refractivity contribution in [3.63, 3.8) is 0 Å². The maximum atomic E-state index is 11.6. The molecule has 0 heterocycles. The monoisotopic (exact) mass is 319 g/mol. The lowest BCUT2D eigenvalue weighted by atomic mass is 10.1. The van der Waals surface area contributed by atoms with E-state index >= 15 is 0 Å². The number of nitrogens with two attached hydrogens (primary N) is 1. The molecule has 1 amide bonds. The molecule has 22 heavy (non-hydrogen) atoms. The number of carbonyl (C=O) groups is 1. The zero-order valence-electron chi connectivity index (χ0n) is 14.7. The van der Waals surface area contributed by atoms with E-state index in [2.05, 4.69) is 10.2 Å². The Hall–Kier alpha value is -0.890. The van der Waals surface area contributed by atoms with Crippen LogP contribution in [0, 0.1) is 0 Å². The van der Waals surface area contributed by atoms with Crippen LogP contribution in [0.1, 0.15) is 27.2 Å². The number of carbonyl (C=O) groups excluding carboxylic acids is 1. The van der Waals surface area contributed by atoms with E-state index in [0.29, 0.717) is 26.3 Å². The smallest absolute Gasteiger partial charge is 0.407 e. The maximum absolute atomic E-state index is 11.6. The lowest BCUT2D eigenvalue weighted by Crippen LogP contribution is -2.46. The molecule has 0 bridgehead atoms. The summed E-state index contributed by atoms with van der Waals surface area (Å²) in [6.45, 7) is 9.41. The van der Waals surface area contributed by atoms with E-state index in [1.54, 1.807) is 14.2 Å². The molecule has 0 aliphatic rings. The molecule has 0 radical (unpaired) electrons. The molecule has 0 saturated heterocycles. The Kier molecular flexibility index (Phi) is 11.2. The molecule has 1 unspecified atom stereocenters. The number of hydrogen-bond donors (Lipinski definition) is 2. The molecule has 7 heteroatoms. The molecular weight excluding hydrogens is 286 g/mol. The van der Waals surface area contributed by atoms with Crippen LogP contribution in [0.15, 0.2) is 0 Å². The Labute approximate surface area is 134 Å². The Morgan fingerprint density at radius 2 is 1.73 bits per heavy atom. The lowest BCUT2D eigenvalue weighted by molar-refractivity contribution is 0.0514. The first-order chi connectivity index (χ1) is 10.3. The Morgan fingerprint density at radius 1 is 1.18 bits per heavy atom. The molecule has 0 aliphatic carbocycles. The fraction of sp³-hybridized carbons (Fsp3) is 0.933. The summed E-state index contributed by atoms with van der Waals surface area (Å²) in [5.41, 5.74) is 5.38. The third-order valence-corrected chi connectivity index (χ3v) is 3.10. The standard InChI is InChI=1S/C15H33N3O4/c1-15(2,3)22-14(19)17-7-6-13(12-16)18(8-10-20-4)9-11-21-5/h13H,6-12,16H2,1-5H3,(H,17,19). The van der Waals surface area contributed by atoms with E-state index in [1.165, 1.54) is 0 Å². The molecule has 0 spiro atoms. The van der Waals surface area contributed by atoms with Crippen molar-refractivity contribution < 1.29 is 19.0 Å². The summed E-state index contributed by atoms with van der Waals surface area (Å²) in [6.07, 6.45) is 0.354. The number of hydrogen-bond acceptors (Lipinski definition) is 6. The normalized spacial score (nSPS) is 13.2. The Morgan fingerprint density at radius 3 is 2.14 bits per heavy atom. The first kappa shape index (κ1) is 21.1. The van der Waals surface area contributed by atoms with Crippen molar-refractivity contribution in [2.45, 2.75) is 38.8 Å². The number of methoxy groups -OCH3 is 2. The van der Waals surface area contributed by atoms with E-state index in [9.17, 15) is 4.79 Å². The Bertz CT molecular complexity index is 287. The first-order valence-electron chi connectivity index (χ1n) is 7.73. The molecular formula is C15H33N3O4. The summed E-state index contributed by atoms with van der Waals surface area (Å²) in [5, 5.41) is 2.77. The number of rotatable bonds is 11. The van der Waals surface area contributed by atoms with Crippen LogP contribution in [0.4, 0.5) is 4.79 Å². The first-order valence-corrected chi connectivity index (χ1v) is 7.73. The van der Waals surface area contributed by atoms with Crippen LogP contribution >= 0.6 is 0 Å². The van der Waals surface area contributed by atoms with E-state index in [1.807, 2.05) is 20.8 Å². The molecule has 0 aliphatic heterocycles. The fourth-order valence-corrected chi connectivity index (χ4v) is 2.00. The number of ether oxygens (including phenoxy) is 3. The topological polar surface area (TPSA) is 86.0 Å². The van der Waals surface area contributed by atoms with Crippen molar-refractivity contribution in [1.82, 2.24) is 10.2 Å². The molecule has 7 nitrogen and oxygen atoms in total. The van der Waals surface area contributed by atoms with Gasteiger partial charge in [0.25, 0.3) is 0 Å². The number of alkyl carbamates (subject to hydrolysis) is 1. The van der Waals surface area contributed by atoms with Gasteiger partial charge in [-0.25, -0.2) is 4.79 Å². The summed E-state index contributed by atoms with van der Waals surface area (Å²) < 4.78 is 15.5. The predicted octanol–water partition coefficient (Wildman–Crippen LogP) is 0.823. The highest BCUT2D eigenvalue weighted by molar-refractivity contribution is 5.67. The van der Waals surface area contributed by atoms with Crippen LogP contribution in [-0.2, 0) is 14.2 Å². The molecule has 0 saturated carbocycles. The summed E-state index contributed by atoms with van der Waals surface area (Å²) in [7, 11) is 3.35. The minimum atomic E-state index is -0.486. The molecule has 0 aromatic rings. The second kappa shape index (κ2) is 11.6. The van der Waals surface area contributed by atoms with Crippen molar-refractivity contribution in [3.05, 3.63) is 0 Å².